The molecular weight excluding hydrogens is 324 g/mol. The predicted molar refractivity (Wildman–Crippen MR) is 91.7 cm³/mol. The molecule has 3 rings (SSSR count). The van der Waals surface area contributed by atoms with Gasteiger partial charge >= 0.3 is 6.09 Å². The Hall–Kier alpha value is -2.69. The number of halogens is 2. The van der Waals surface area contributed by atoms with Crippen LogP contribution in [0, 0.1) is 11.6 Å². The summed E-state index contributed by atoms with van der Waals surface area (Å²) in [6.07, 6.45) is 4.48. The molecule has 1 saturated heterocycles. The number of carbonyl (C=O) groups excluding carboxylic acids is 1. The predicted octanol–water partition coefficient (Wildman–Crippen LogP) is 4.78. The van der Waals surface area contributed by atoms with E-state index in [9.17, 15) is 13.6 Å². The Bertz CT molecular complexity index is 762. The lowest BCUT2D eigenvalue weighted by Crippen LogP contribution is -2.34. The number of amides is 1. The molecule has 1 heterocycles. The van der Waals surface area contributed by atoms with E-state index in [0.29, 0.717) is 6.54 Å². The van der Waals surface area contributed by atoms with Crippen LogP contribution in [0.2, 0.25) is 0 Å². The van der Waals surface area contributed by atoms with E-state index in [1.54, 1.807) is 11.0 Å². The number of ether oxygens (including phenoxy) is 1. The monoisotopic (exact) mass is 343 g/mol. The van der Waals surface area contributed by atoms with Gasteiger partial charge in [0, 0.05) is 12.1 Å². The number of hydrogen-bond donors (Lipinski definition) is 0. The molecule has 2 aromatic carbocycles. The summed E-state index contributed by atoms with van der Waals surface area (Å²) in [7, 11) is 0. The maximum atomic E-state index is 13.7. The van der Waals surface area contributed by atoms with Crippen molar-refractivity contribution in [1.82, 2.24) is 4.90 Å². The van der Waals surface area contributed by atoms with Crippen LogP contribution < -0.4 is 0 Å². The highest BCUT2D eigenvalue weighted by Crippen LogP contribution is 2.22. The third kappa shape index (κ3) is 4.24. The molecule has 25 heavy (non-hydrogen) atoms. The van der Waals surface area contributed by atoms with Gasteiger partial charge in [-0.1, -0.05) is 54.6 Å². The van der Waals surface area contributed by atoms with Crippen molar-refractivity contribution < 1.29 is 18.3 Å². The Morgan fingerprint density at radius 2 is 1.96 bits per heavy atom. The molecule has 0 aliphatic carbocycles. The molecule has 1 amide bonds. The van der Waals surface area contributed by atoms with Crippen LogP contribution in [0.1, 0.15) is 24.0 Å². The van der Waals surface area contributed by atoms with E-state index in [4.69, 9.17) is 4.74 Å². The Labute approximate surface area is 145 Å². The fourth-order valence-electron chi connectivity index (χ4n) is 2.89. The van der Waals surface area contributed by atoms with Gasteiger partial charge in [-0.15, -0.1) is 0 Å². The van der Waals surface area contributed by atoms with Crippen molar-refractivity contribution in [3.8, 4) is 0 Å². The molecule has 0 N–H and O–H groups in total. The smallest absolute Gasteiger partial charge is 0.410 e. The van der Waals surface area contributed by atoms with Crippen LogP contribution in [0.4, 0.5) is 13.6 Å². The van der Waals surface area contributed by atoms with Crippen molar-refractivity contribution >= 4 is 12.2 Å². The highest BCUT2D eigenvalue weighted by atomic mass is 19.2. The zero-order valence-electron chi connectivity index (χ0n) is 13.7. The molecule has 0 aromatic heterocycles. The summed E-state index contributed by atoms with van der Waals surface area (Å²) >= 11 is 0. The molecule has 1 fully saturated rings. The number of benzene rings is 2. The van der Waals surface area contributed by atoms with Crippen molar-refractivity contribution in [2.75, 3.05) is 6.54 Å². The molecule has 1 atom stereocenters. The first-order valence-electron chi connectivity index (χ1n) is 8.24. The molecule has 1 aliphatic heterocycles. The summed E-state index contributed by atoms with van der Waals surface area (Å²) < 4.78 is 32.3. The van der Waals surface area contributed by atoms with Gasteiger partial charge in [0.05, 0.1) is 6.04 Å². The summed E-state index contributed by atoms with van der Waals surface area (Å²) in [5, 5.41) is 0. The van der Waals surface area contributed by atoms with Crippen LogP contribution in [0.15, 0.2) is 54.6 Å². The van der Waals surface area contributed by atoms with Gasteiger partial charge in [0.2, 0.25) is 0 Å². The van der Waals surface area contributed by atoms with Gasteiger partial charge in [-0.05, 0) is 24.5 Å². The topological polar surface area (TPSA) is 29.5 Å². The van der Waals surface area contributed by atoms with Crippen LogP contribution in [-0.4, -0.2) is 23.6 Å². The van der Waals surface area contributed by atoms with Gasteiger partial charge in [0.1, 0.15) is 6.61 Å². The van der Waals surface area contributed by atoms with Gasteiger partial charge in [-0.3, -0.25) is 0 Å². The third-order valence-corrected chi connectivity index (χ3v) is 4.22. The minimum atomic E-state index is -0.882. The van der Waals surface area contributed by atoms with Crippen LogP contribution in [-0.2, 0) is 11.3 Å². The fourth-order valence-corrected chi connectivity index (χ4v) is 2.89. The number of carbonyl (C=O) groups is 1. The van der Waals surface area contributed by atoms with E-state index in [2.05, 4.69) is 0 Å². The van der Waals surface area contributed by atoms with E-state index in [-0.39, 0.29) is 18.2 Å². The minimum Gasteiger partial charge on any atom is -0.445 e. The van der Waals surface area contributed by atoms with Crippen LogP contribution in [0.3, 0.4) is 0 Å². The second-order valence-electron chi connectivity index (χ2n) is 5.95. The lowest BCUT2D eigenvalue weighted by molar-refractivity contribution is 0.0976. The summed E-state index contributed by atoms with van der Waals surface area (Å²) in [6, 6.07) is 13.3. The Kier molecular flexibility index (Phi) is 5.43. The number of nitrogens with zero attached hydrogens (tertiary/aromatic N) is 1. The molecule has 0 spiro atoms. The Morgan fingerprint density at radius 1 is 1.16 bits per heavy atom. The largest absolute Gasteiger partial charge is 0.445 e. The molecule has 0 unspecified atom stereocenters. The van der Waals surface area contributed by atoms with Crippen molar-refractivity contribution in [2.45, 2.75) is 25.5 Å². The molecule has 1 aliphatic rings. The van der Waals surface area contributed by atoms with Crippen LogP contribution in [0.5, 0.6) is 0 Å². The summed E-state index contributed by atoms with van der Waals surface area (Å²) in [5.74, 6) is -1.76. The maximum absolute atomic E-state index is 13.7. The number of likely N-dealkylation sites (tertiary alicyclic amines) is 1. The average Bonchev–Trinajstić information content (AvgIpc) is 3.10. The molecule has 130 valence electrons. The number of rotatable bonds is 4. The molecule has 0 radical (unpaired) electrons. The normalized spacial score (nSPS) is 17.2. The molecule has 5 heteroatoms. The van der Waals surface area contributed by atoms with E-state index in [1.165, 1.54) is 18.2 Å². The molecule has 0 bridgehead atoms. The fraction of sp³-hybridized carbons (Fsp3) is 0.250. The lowest BCUT2D eigenvalue weighted by Gasteiger charge is -2.21. The first kappa shape index (κ1) is 17.1. The van der Waals surface area contributed by atoms with Gasteiger partial charge < -0.3 is 9.64 Å². The Balaban J connectivity index is 1.62. The molecular formula is C20H19F2NO2. The van der Waals surface area contributed by atoms with Crippen LogP contribution >= 0.6 is 0 Å². The van der Waals surface area contributed by atoms with E-state index < -0.39 is 17.7 Å². The molecule has 3 nitrogen and oxygen atoms in total. The zero-order chi connectivity index (χ0) is 17.6. The van der Waals surface area contributed by atoms with Gasteiger partial charge in [0.15, 0.2) is 11.6 Å². The molecule has 2 aromatic rings. The standard InChI is InChI=1S/C20H19F2NO2/c21-18-10-4-8-16(19(18)22)11-12-17-9-5-13-23(17)20(24)25-14-15-6-2-1-3-7-15/h1-4,6-8,10-12,17H,5,9,13-14H2/b12-11+/t17-/m1/s1. The quantitative estimate of drug-likeness (QED) is 0.800. The average molecular weight is 343 g/mol. The summed E-state index contributed by atoms with van der Waals surface area (Å²) in [6.45, 7) is 0.805. The van der Waals surface area contributed by atoms with Crippen molar-refractivity contribution in [3.05, 3.63) is 77.4 Å². The molecule has 0 saturated carbocycles. The number of hydrogen-bond acceptors (Lipinski definition) is 2. The van der Waals surface area contributed by atoms with Crippen molar-refractivity contribution in [3.63, 3.8) is 0 Å². The maximum Gasteiger partial charge on any atom is 0.410 e. The van der Waals surface area contributed by atoms with Crippen LogP contribution in [0.25, 0.3) is 6.08 Å². The van der Waals surface area contributed by atoms with Gasteiger partial charge in [-0.2, -0.15) is 0 Å². The highest BCUT2D eigenvalue weighted by Gasteiger charge is 2.28. The van der Waals surface area contributed by atoms with E-state index in [0.717, 1.165) is 24.5 Å². The summed E-state index contributed by atoms with van der Waals surface area (Å²) in [4.78, 5) is 13.9. The second-order valence-corrected chi connectivity index (χ2v) is 5.95. The first-order valence-corrected chi connectivity index (χ1v) is 8.24. The second kappa shape index (κ2) is 7.92. The van der Waals surface area contributed by atoms with Crippen molar-refractivity contribution in [2.24, 2.45) is 0 Å². The first-order chi connectivity index (χ1) is 12.1. The van der Waals surface area contributed by atoms with Gasteiger partial charge in [0.25, 0.3) is 0 Å². The van der Waals surface area contributed by atoms with Crippen molar-refractivity contribution in [1.29, 1.82) is 0 Å². The SMILES string of the molecule is O=C(OCc1ccccc1)N1CCC[C@@H]1/C=C/c1cccc(F)c1F. The van der Waals surface area contributed by atoms with Gasteiger partial charge in [-0.25, -0.2) is 13.6 Å². The summed E-state index contributed by atoms with van der Waals surface area (Å²) in [5.41, 5.74) is 1.09. The zero-order valence-corrected chi connectivity index (χ0v) is 13.7. The lowest BCUT2D eigenvalue weighted by atomic mass is 10.1. The van der Waals surface area contributed by atoms with E-state index >= 15 is 0 Å². The Morgan fingerprint density at radius 3 is 2.76 bits per heavy atom. The van der Waals surface area contributed by atoms with E-state index in [1.807, 2.05) is 30.3 Å². The third-order valence-electron chi connectivity index (χ3n) is 4.22. The highest BCUT2D eigenvalue weighted by molar-refractivity contribution is 5.69. The minimum absolute atomic E-state index is 0.171.